The van der Waals surface area contributed by atoms with Gasteiger partial charge in [0, 0.05) is 13.0 Å². The van der Waals surface area contributed by atoms with E-state index >= 15 is 0 Å². The fourth-order valence-corrected chi connectivity index (χ4v) is 3.20. The SMILES string of the molecule is CNC1CCC(Cc2ccc3nc(C)oc3c2)CC1. The first-order chi connectivity index (χ1) is 9.24. The average Bonchev–Trinajstić information content (AvgIpc) is 2.79. The number of fused-ring (bicyclic) bond motifs is 1. The van der Waals surface area contributed by atoms with E-state index in [1.165, 1.54) is 37.7 Å². The third-order valence-electron chi connectivity index (χ3n) is 4.34. The Hall–Kier alpha value is -1.35. The van der Waals surface area contributed by atoms with Crippen LogP contribution in [0.3, 0.4) is 0 Å². The molecule has 3 rings (SSSR count). The molecule has 0 amide bonds. The van der Waals surface area contributed by atoms with Gasteiger partial charge in [0.1, 0.15) is 5.52 Å². The first-order valence-corrected chi connectivity index (χ1v) is 7.28. The molecule has 3 heteroatoms. The van der Waals surface area contributed by atoms with Gasteiger partial charge in [-0.1, -0.05) is 6.07 Å². The highest BCUT2D eigenvalue weighted by molar-refractivity contribution is 5.73. The molecule has 0 spiro atoms. The number of oxazole rings is 1. The van der Waals surface area contributed by atoms with Crippen molar-refractivity contribution >= 4 is 11.1 Å². The van der Waals surface area contributed by atoms with E-state index in [0.717, 1.165) is 29.0 Å². The molecular weight excluding hydrogens is 236 g/mol. The molecule has 19 heavy (non-hydrogen) atoms. The maximum absolute atomic E-state index is 5.61. The largest absolute Gasteiger partial charge is 0.441 e. The Morgan fingerprint density at radius 3 is 2.79 bits per heavy atom. The molecule has 1 aliphatic rings. The Morgan fingerprint density at radius 2 is 2.05 bits per heavy atom. The quantitative estimate of drug-likeness (QED) is 0.916. The van der Waals surface area contributed by atoms with Crippen LogP contribution in [0.2, 0.25) is 0 Å². The van der Waals surface area contributed by atoms with Crippen molar-refractivity contribution in [2.45, 2.75) is 45.1 Å². The van der Waals surface area contributed by atoms with Crippen LogP contribution in [0.1, 0.15) is 37.1 Å². The lowest BCUT2D eigenvalue weighted by molar-refractivity contribution is 0.300. The molecule has 2 aromatic rings. The Bertz CT molecular complexity index is 553. The number of nitrogens with one attached hydrogen (secondary N) is 1. The molecule has 1 aromatic heterocycles. The van der Waals surface area contributed by atoms with Gasteiger partial charge in [0.15, 0.2) is 11.5 Å². The summed E-state index contributed by atoms with van der Waals surface area (Å²) in [5, 5.41) is 3.39. The second-order valence-electron chi connectivity index (χ2n) is 5.75. The van der Waals surface area contributed by atoms with E-state index in [1.54, 1.807) is 0 Å². The van der Waals surface area contributed by atoms with E-state index in [1.807, 2.05) is 6.92 Å². The molecule has 1 heterocycles. The zero-order valence-corrected chi connectivity index (χ0v) is 11.8. The summed E-state index contributed by atoms with van der Waals surface area (Å²) in [7, 11) is 2.07. The summed E-state index contributed by atoms with van der Waals surface area (Å²) in [5.74, 6) is 1.58. The summed E-state index contributed by atoms with van der Waals surface area (Å²) in [5.41, 5.74) is 3.29. The van der Waals surface area contributed by atoms with E-state index in [2.05, 4.69) is 35.5 Å². The zero-order chi connectivity index (χ0) is 13.2. The van der Waals surface area contributed by atoms with Gasteiger partial charge in [-0.25, -0.2) is 4.98 Å². The van der Waals surface area contributed by atoms with Gasteiger partial charge in [-0.15, -0.1) is 0 Å². The van der Waals surface area contributed by atoms with E-state index < -0.39 is 0 Å². The number of hydrogen-bond acceptors (Lipinski definition) is 3. The van der Waals surface area contributed by atoms with Gasteiger partial charge in [-0.05, 0) is 62.8 Å². The van der Waals surface area contributed by atoms with E-state index in [9.17, 15) is 0 Å². The van der Waals surface area contributed by atoms with Gasteiger partial charge in [0.25, 0.3) is 0 Å². The molecule has 3 nitrogen and oxygen atoms in total. The van der Waals surface area contributed by atoms with E-state index in [-0.39, 0.29) is 0 Å². The predicted molar refractivity (Wildman–Crippen MR) is 77.3 cm³/mol. The number of benzene rings is 1. The molecule has 1 N–H and O–H groups in total. The van der Waals surface area contributed by atoms with Crippen LogP contribution in [-0.4, -0.2) is 18.1 Å². The minimum atomic E-state index is 0.732. The van der Waals surface area contributed by atoms with Gasteiger partial charge in [0.05, 0.1) is 0 Å². The second kappa shape index (κ2) is 5.33. The fourth-order valence-electron chi connectivity index (χ4n) is 3.20. The van der Waals surface area contributed by atoms with E-state index in [0.29, 0.717) is 0 Å². The van der Waals surface area contributed by atoms with Crippen LogP contribution in [-0.2, 0) is 6.42 Å². The zero-order valence-electron chi connectivity index (χ0n) is 11.8. The minimum absolute atomic E-state index is 0.732. The standard InChI is InChI=1S/C16H22N2O/c1-11-18-15-8-5-13(10-16(15)19-11)9-12-3-6-14(17-2)7-4-12/h5,8,10,12,14,17H,3-4,6-7,9H2,1-2H3. The van der Waals surface area contributed by atoms with Crippen molar-refractivity contribution in [2.24, 2.45) is 5.92 Å². The highest BCUT2D eigenvalue weighted by Crippen LogP contribution is 2.28. The summed E-state index contributed by atoms with van der Waals surface area (Å²) < 4.78 is 5.61. The second-order valence-corrected chi connectivity index (χ2v) is 5.75. The van der Waals surface area contributed by atoms with Crippen LogP contribution in [0.15, 0.2) is 22.6 Å². The Labute approximate surface area is 114 Å². The van der Waals surface area contributed by atoms with Crippen LogP contribution in [0.25, 0.3) is 11.1 Å². The predicted octanol–water partition coefficient (Wildman–Crippen LogP) is 3.46. The third kappa shape index (κ3) is 2.81. The van der Waals surface area contributed by atoms with Crippen molar-refractivity contribution in [3.8, 4) is 0 Å². The molecule has 0 bridgehead atoms. The van der Waals surface area contributed by atoms with Crippen LogP contribution < -0.4 is 5.32 Å². The van der Waals surface area contributed by atoms with Crippen LogP contribution >= 0.6 is 0 Å². The van der Waals surface area contributed by atoms with Crippen LogP contribution in [0, 0.1) is 12.8 Å². The van der Waals surface area contributed by atoms with Gasteiger partial charge < -0.3 is 9.73 Å². The van der Waals surface area contributed by atoms with Gasteiger partial charge in [-0.3, -0.25) is 0 Å². The molecule has 1 aromatic carbocycles. The molecule has 0 unspecified atom stereocenters. The summed E-state index contributed by atoms with van der Waals surface area (Å²) in [6, 6.07) is 7.18. The Morgan fingerprint density at radius 1 is 1.26 bits per heavy atom. The number of nitrogens with zero attached hydrogens (tertiary/aromatic N) is 1. The van der Waals surface area contributed by atoms with Crippen molar-refractivity contribution in [1.29, 1.82) is 0 Å². The molecule has 0 radical (unpaired) electrons. The molecule has 1 aliphatic carbocycles. The molecule has 1 saturated carbocycles. The lowest BCUT2D eigenvalue weighted by Gasteiger charge is -2.28. The monoisotopic (exact) mass is 258 g/mol. The fraction of sp³-hybridized carbons (Fsp3) is 0.562. The number of aryl methyl sites for hydroxylation is 1. The topological polar surface area (TPSA) is 38.1 Å². The molecule has 0 saturated heterocycles. The first-order valence-electron chi connectivity index (χ1n) is 7.28. The van der Waals surface area contributed by atoms with Gasteiger partial charge in [0.2, 0.25) is 0 Å². The van der Waals surface area contributed by atoms with Gasteiger partial charge >= 0.3 is 0 Å². The highest BCUT2D eigenvalue weighted by atomic mass is 16.3. The third-order valence-corrected chi connectivity index (χ3v) is 4.34. The van der Waals surface area contributed by atoms with Crippen molar-refractivity contribution in [3.05, 3.63) is 29.7 Å². The maximum Gasteiger partial charge on any atom is 0.192 e. The summed E-state index contributed by atoms with van der Waals surface area (Å²) in [6.45, 7) is 1.90. The molecule has 0 aliphatic heterocycles. The smallest absolute Gasteiger partial charge is 0.192 e. The summed E-state index contributed by atoms with van der Waals surface area (Å²) in [4.78, 5) is 4.35. The highest BCUT2D eigenvalue weighted by Gasteiger charge is 2.20. The van der Waals surface area contributed by atoms with Crippen LogP contribution in [0.4, 0.5) is 0 Å². The molecule has 1 fully saturated rings. The average molecular weight is 258 g/mol. The van der Waals surface area contributed by atoms with Crippen LogP contribution in [0.5, 0.6) is 0 Å². The van der Waals surface area contributed by atoms with Crippen molar-refractivity contribution in [3.63, 3.8) is 0 Å². The lowest BCUT2D eigenvalue weighted by atomic mass is 9.82. The normalized spacial score (nSPS) is 23.9. The summed E-state index contributed by atoms with van der Waals surface area (Å²) in [6.07, 6.45) is 6.46. The summed E-state index contributed by atoms with van der Waals surface area (Å²) >= 11 is 0. The Kier molecular flexibility index (Phi) is 3.56. The Balaban J connectivity index is 1.68. The first kappa shape index (κ1) is 12.7. The van der Waals surface area contributed by atoms with Crippen molar-refractivity contribution in [2.75, 3.05) is 7.05 Å². The number of rotatable bonds is 3. The van der Waals surface area contributed by atoms with Crippen molar-refractivity contribution in [1.82, 2.24) is 10.3 Å². The minimum Gasteiger partial charge on any atom is -0.441 e. The number of aromatic nitrogens is 1. The lowest BCUT2D eigenvalue weighted by Crippen LogP contribution is -2.30. The maximum atomic E-state index is 5.61. The number of hydrogen-bond donors (Lipinski definition) is 1. The van der Waals surface area contributed by atoms with Gasteiger partial charge in [-0.2, -0.15) is 0 Å². The molecule has 102 valence electrons. The molecular formula is C16H22N2O. The van der Waals surface area contributed by atoms with E-state index in [4.69, 9.17) is 4.42 Å². The molecule has 0 atom stereocenters. The van der Waals surface area contributed by atoms with Crippen molar-refractivity contribution < 1.29 is 4.42 Å².